The van der Waals surface area contributed by atoms with Crippen molar-refractivity contribution < 1.29 is 24.2 Å². The Kier molecular flexibility index (Phi) is 7.20. The third-order valence-electron chi connectivity index (χ3n) is 5.81. The summed E-state index contributed by atoms with van der Waals surface area (Å²) in [7, 11) is 0. The second-order valence-electron chi connectivity index (χ2n) is 7.91. The molecule has 4 aromatic carbocycles. The number of ether oxygens (including phenoxy) is 1. The Morgan fingerprint density at radius 1 is 0.743 bits per heavy atom. The predicted molar refractivity (Wildman–Crippen MR) is 133 cm³/mol. The zero-order valence-electron chi connectivity index (χ0n) is 18.6. The molecule has 35 heavy (non-hydrogen) atoms. The number of hydrogen-bond acceptors (Lipinski definition) is 5. The van der Waals surface area contributed by atoms with E-state index in [9.17, 15) is 19.5 Å². The van der Waals surface area contributed by atoms with Gasteiger partial charge in [0.2, 0.25) is 0 Å². The van der Waals surface area contributed by atoms with Crippen LogP contribution < -0.4 is 4.74 Å². The maximum atomic E-state index is 11.9. The largest absolute Gasteiger partial charge is 0.489 e. The van der Waals surface area contributed by atoms with E-state index in [0.29, 0.717) is 51.9 Å². The fraction of sp³-hybridized carbons (Fsp3) is 0.0690. The van der Waals surface area contributed by atoms with Crippen LogP contribution in [0.2, 0.25) is 5.02 Å². The van der Waals surface area contributed by atoms with Crippen LogP contribution in [0.5, 0.6) is 5.75 Å². The topological polar surface area (TPSA) is 80.7 Å². The molecule has 4 rings (SSSR count). The van der Waals surface area contributed by atoms with E-state index in [4.69, 9.17) is 16.3 Å². The van der Waals surface area contributed by atoms with E-state index in [2.05, 4.69) is 0 Å². The molecule has 1 atom stereocenters. The van der Waals surface area contributed by atoms with Gasteiger partial charge in [-0.1, -0.05) is 72.3 Å². The van der Waals surface area contributed by atoms with Crippen molar-refractivity contribution >= 4 is 30.5 Å². The fourth-order valence-corrected chi connectivity index (χ4v) is 4.32. The highest BCUT2D eigenvalue weighted by molar-refractivity contribution is 6.31. The number of hydrogen-bond donors (Lipinski definition) is 1. The van der Waals surface area contributed by atoms with Crippen LogP contribution in [0.15, 0.2) is 91.0 Å². The number of aldehydes is 3. The molecule has 0 amide bonds. The van der Waals surface area contributed by atoms with Crippen LogP contribution in [0.25, 0.3) is 0 Å². The van der Waals surface area contributed by atoms with Crippen molar-refractivity contribution in [3.63, 3.8) is 0 Å². The van der Waals surface area contributed by atoms with Gasteiger partial charge in [-0.3, -0.25) is 14.4 Å². The summed E-state index contributed by atoms with van der Waals surface area (Å²) in [6, 6.07) is 26.4. The fourth-order valence-electron chi connectivity index (χ4n) is 4.05. The van der Waals surface area contributed by atoms with Crippen LogP contribution in [0.3, 0.4) is 0 Å². The van der Waals surface area contributed by atoms with Gasteiger partial charge in [0.15, 0.2) is 18.9 Å². The first-order valence-corrected chi connectivity index (χ1v) is 11.2. The minimum absolute atomic E-state index is 0.0582. The lowest BCUT2D eigenvalue weighted by atomic mass is 9.80. The van der Waals surface area contributed by atoms with Crippen LogP contribution in [-0.4, -0.2) is 24.0 Å². The number of carbonyl (C=O) groups is 3. The van der Waals surface area contributed by atoms with Gasteiger partial charge in [-0.05, 0) is 47.0 Å². The number of halogens is 1. The first-order valence-electron chi connectivity index (χ1n) is 10.8. The Bertz CT molecular complexity index is 1340. The monoisotopic (exact) mass is 484 g/mol. The second kappa shape index (κ2) is 10.5. The van der Waals surface area contributed by atoms with Gasteiger partial charge < -0.3 is 9.84 Å². The SMILES string of the molecule is O=Cc1cc(COc2ccc(C(O)(c3ccccc3)c3ccccc3Cl)cc2)cc(C=O)c1C=O. The van der Waals surface area contributed by atoms with Gasteiger partial charge >= 0.3 is 0 Å². The summed E-state index contributed by atoms with van der Waals surface area (Å²) in [4.78, 5) is 33.9. The Balaban J connectivity index is 1.64. The maximum absolute atomic E-state index is 11.9. The number of rotatable bonds is 9. The van der Waals surface area contributed by atoms with Gasteiger partial charge in [0, 0.05) is 27.3 Å². The molecule has 0 heterocycles. The van der Waals surface area contributed by atoms with Crippen LogP contribution in [0, 0.1) is 0 Å². The smallest absolute Gasteiger partial charge is 0.151 e. The van der Waals surface area contributed by atoms with Gasteiger partial charge in [-0.2, -0.15) is 0 Å². The van der Waals surface area contributed by atoms with E-state index in [1.165, 1.54) is 12.1 Å². The second-order valence-corrected chi connectivity index (χ2v) is 8.32. The van der Waals surface area contributed by atoms with Crippen molar-refractivity contribution in [2.75, 3.05) is 0 Å². The normalized spacial score (nSPS) is 12.4. The molecule has 4 aromatic rings. The predicted octanol–water partition coefficient (Wildman–Crippen LogP) is 5.64. The number of aliphatic hydroxyl groups is 1. The van der Waals surface area contributed by atoms with E-state index >= 15 is 0 Å². The van der Waals surface area contributed by atoms with Crippen LogP contribution in [0.1, 0.15) is 53.3 Å². The Labute approximate surface area is 207 Å². The molecule has 0 fully saturated rings. The molecular weight excluding hydrogens is 464 g/mol. The lowest BCUT2D eigenvalue weighted by Gasteiger charge is -2.31. The van der Waals surface area contributed by atoms with Crippen molar-refractivity contribution in [3.8, 4) is 5.75 Å². The van der Waals surface area contributed by atoms with E-state index < -0.39 is 5.60 Å². The Morgan fingerprint density at radius 3 is 1.89 bits per heavy atom. The maximum Gasteiger partial charge on any atom is 0.151 e. The van der Waals surface area contributed by atoms with Crippen molar-refractivity contribution in [2.24, 2.45) is 0 Å². The van der Waals surface area contributed by atoms with Crippen molar-refractivity contribution in [1.29, 1.82) is 0 Å². The molecule has 0 spiro atoms. The molecule has 0 aromatic heterocycles. The first kappa shape index (κ1) is 24.1. The molecule has 0 bridgehead atoms. The molecule has 1 unspecified atom stereocenters. The summed E-state index contributed by atoms with van der Waals surface area (Å²) in [5.41, 5.74) is 1.23. The Morgan fingerprint density at radius 2 is 1.31 bits per heavy atom. The van der Waals surface area contributed by atoms with Crippen molar-refractivity contribution in [2.45, 2.75) is 12.2 Å². The van der Waals surface area contributed by atoms with Gasteiger partial charge in [-0.15, -0.1) is 0 Å². The zero-order valence-corrected chi connectivity index (χ0v) is 19.3. The summed E-state index contributed by atoms with van der Waals surface area (Å²) < 4.78 is 5.84. The minimum Gasteiger partial charge on any atom is -0.489 e. The highest BCUT2D eigenvalue weighted by Gasteiger charge is 2.35. The van der Waals surface area contributed by atoms with E-state index in [0.717, 1.165) is 0 Å². The molecule has 1 N–H and O–H groups in total. The van der Waals surface area contributed by atoms with Crippen molar-refractivity contribution in [1.82, 2.24) is 0 Å². The lowest BCUT2D eigenvalue weighted by Crippen LogP contribution is -2.29. The molecule has 0 aliphatic heterocycles. The standard InChI is InChI=1S/C29H21ClO5/c30-28-9-5-4-8-27(28)29(34,23-6-2-1-3-7-23)24-10-12-25(13-11-24)35-19-20-14-21(16-31)26(18-33)22(15-20)17-32/h1-18,34H,19H2. The highest BCUT2D eigenvalue weighted by Crippen LogP contribution is 2.40. The van der Waals surface area contributed by atoms with Gasteiger partial charge in [0.05, 0.1) is 0 Å². The zero-order chi connectivity index (χ0) is 24.8. The van der Waals surface area contributed by atoms with Gasteiger partial charge in [0.1, 0.15) is 18.0 Å². The Hall–Kier alpha value is -4.06. The molecule has 0 aliphatic rings. The summed E-state index contributed by atoms with van der Waals surface area (Å²) in [5.74, 6) is 0.517. The van der Waals surface area contributed by atoms with E-state index in [1.54, 1.807) is 36.4 Å². The molecule has 6 heteroatoms. The van der Waals surface area contributed by atoms with Gasteiger partial charge in [-0.25, -0.2) is 0 Å². The molecule has 0 radical (unpaired) electrons. The average Bonchev–Trinajstić information content (AvgIpc) is 2.91. The van der Waals surface area contributed by atoms with Crippen molar-refractivity contribution in [3.05, 3.63) is 135 Å². The highest BCUT2D eigenvalue weighted by atomic mass is 35.5. The minimum atomic E-state index is -1.49. The molecule has 174 valence electrons. The first-order chi connectivity index (χ1) is 17.0. The molecule has 0 saturated heterocycles. The van der Waals surface area contributed by atoms with Crippen LogP contribution in [0.4, 0.5) is 0 Å². The average molecular weight is 485 g/mol. The van der Waals surface area contributed by atoms with E-state index in [-0.39, 0.29) is 23.3 Å². The molecule has 0 aliphatic carbocycles. The van der Waals surface area contributed by atoms with E-state index in [1.807, 2.05) is 42.5 Å². The summed E-state index contributed by atoms with van der Waals surface area (Å²) >= 11 is 6.47. The molecule has 5 nitrogen and oxygen atoms in total. The van der Waals surface area contributed by atoms with Crippen LogP contribution in [-0.2, 0) is 12.2 Å². The summed E-state index contributed by atoms with van der Waals surface area (Å²) in [5, 5.41) is 12.4. The third-order valence-corrected chi connectivity index (χ3v) is 6.14. The lowest BCUT2D eigenvalue weighted by molar-refractivity contribution is 0.108. The number of benzene rings is 4. The van der Waals surface area contributed by atoms with Gasteiger partial charge in [0.25, 0.3) is 0 Å². The third kappa shape index (κ3) is 4.78. The number of carbonyl (C=O) groups excluding carboxylic acids is 3. The summed E-state index contributed by atoms with van der Waals surface area (Å²) in [6.45, 7) is 0.0770. The quantitative estimate of drug-likeness (QED) is 0.245. The summed E-state index contributed by atoms with van der Waals surface area (Å²) in [6.07, 6.45) is 1.56. The van der Waals surface area contributed by atoms with Crippen LogP contribution >= 0.6 is 11.6 Å². The molecular formula is C29H21ClO5. The molecule has 0 saturated carbocycles.